The van der Waals surface area contributed by atoms with Crippen molar-refractivity contribution in [2.75, 3.05) is 18.5 Å². The van der Waals surface area contributed by atoms with Crippen molar-refractivity contribution in [3.05, 3.63) is 23.9 Å². The number of likely N-dealkylation sites (tertiary alicyclic amines) is 1. The van der Waals surface area contributed by atoms with Crippen LogP contribution in [0.3, 0.4) is 0 Å². The van der Waals surface area contributed by atoms with Crippen LogP contribution >= 0.6 is 0 Å². The number of Topliss-reactive ketones (excluding diaryl/α,β-unsaturated/α-hetero) is 1. The minimum Gasteiger partial charge on any atom is -0.394 e. The number of hydrogen-bond acceptors (Lipinski definition) is 6. The molecular weight excluding hydrogens is 296 g/mol. The molecule has 2 heterocycles. The smallest absolute Gasteiger partial charge is 0.242 e. The first-order chi connectivity index (χ1) is 11.0. The Hall–Kier alpha value is -2.28. The van der Waals surface area contributed by atoms with Crippen molar-refractivity contribution in [3.63, 3.8) is 0 Å². The number of nitrogens with zero attached hydrogens (tertiary/aromatic N) is 2. The van der Waals surface area contributed by atoms with Gasteiger partial charge in [0.25, 0.3) is 0 Å². The number of aliphatic hydroxyl groups is 1. The maximum Gasteiger partial charge on any atom is 0.242 e. The Labute approximate surface area is 134 Å². The highest BCUT2D eigenvalue weighted by Gasteiger charge is 2.53. The monoisotopic (exact) mass is 316 g/mol. The minimum atomic E-state index is -0.354. The molecule has 122 valence electrons. The number of ketones is 1. The summed E-state index contributed by atoms with van der Waals surface area (Å²) >= 11 is 0. The van der Waals surface area contributed by atoms with Gasteiger partial charge in [0.1, 0.15) is 11.5 Å². The lowest BCUT2D eigenvalue weighted by Gasteiger charge is -2.26. The Morgan fingerprint density at radius 3 is 2.96 bits per heavy atom. The van der Waals surface area contributed by atoms with Crippen molar-refractivity contribution in [1.29, 1.82) is 5.41 Å². The fourth-order valence-corrected chi connectivity index (χ4v) is 3.30. The highest BCUT2D eigenvalue weighted by Crippen LogP contribution is 2.47. The van der Waals surface area contributed by atoms with E-state index >= 15 is 0 Å². The van der Waals surface area contributed by atoms with Crippen LogP contribution in [0.5, 0.6) is 0 Å². The zero-order valence-electron chi connectivity index (χ0n) is 13.0. The molecule has 23 heavy (non-hydrogen) atoms. The van der Waals surface area contributed by atoms with Crippen LogP contribution in [0.4, 0.5) is 5.82 Å². The molecule has 1 saturated heterocycles. The van der Waals surface area contributed by atoms with E-state index in [0.29, 0.717) is 17.3 Å². The van der Waals surface area contributed by atoms with E-state index in [9.17, 15) is 14.7 Å². The number of rotatable bonds is 6. The number of anilines is 1. The van der Waals surface area contributed by atoms with E-state index in [-0.39, 0.29) is 42.6 Å². The molecule has 1 aliphatic heterocycles. The van der Waals surface area contributed by atoms with Gasteiger partial charge in [-0.1, -0.05) is 0 Å². The van der Waals surface area contributed by atoms with Crippen LogP contribution < -0.4 is 5.32 Å². The first-order valence-corrected chi connectivity index (χ1v) is 7.73. The Bertz CT molecular complexity index is 660. The second-order valence-corrected chi connectivity index (χ2v) is 6.12. The molecule has 1 aromatic heterocycles. The third-order valence-corrected chi connectivity index (χ3v) is 4.55. The third-order valence-electron chi connectivity index (χ3n) is 4.55. The van der Waals surface area contributed by atoms with Crippen molar-refractivity contribution < 1.29 is 14.7 Å². The average molecular weight is 316 g/mol. The van der Waals surface area contributed by atoms with Crippen LogP contribution in [0.1, 0.15) is 25.3 Å². The summed E-state index contributed by atoms with van der Waals surface area (Å²) in [6.45, 7) is 1.35. The number of aliphatic hydroxyl groups excluding tert-OH is 1. The van der Waals surface area contributed by atoms with E-state index in [1.807, 2.05) is 0 Å². The standard InChI is InChI=1S/C16H20N4O3/c1-9(22)15(17)12-3-2-4-18-16(12)19-7-14(23)20-11(8-21)5-10-6-13(10)20/h2-4,10-11,13,17,21H,5-8H2,1H3,(H,18,19). The number of carbonyl (C=O) groups is 2. The molecule has 3 N–H and O–H groups in total. The largest absolute Gasteiger partial charge is 0.394 e. The molecule has 0 bridgehead atoms. The summed E-state index contributed by atoms with van der Waals surface area (Å²) in [7, 11) is 0. The molecule has 1 aromatic rings. The van der Waals surface area contributed by atoms with E-state index in [2.05, 4.69) is 10.3 Å². The van der Waals surface area contributed by atoms with Gasteiger partial charge in [0.15, 0.2) is 5.78 Å². The third kappa shape index (κ3) is 2.96. The van der Waals surface area contributed by atoms with E-state index < -0.39 is 0 Å². The molecule has 1 amide bonds. The number of amides is 1. The van der Waals surface area contributed by atoms with Gasteiger partial charge in [0.2, 0.25) is 5.91 Å². The van der Waals surface area contributed by atoms with E-state index in [0.717, 1.165) is 12.8 Å². The fraction of sp³-hybridized carbons (Fsp3) is 0.500. The van der Waals surface area contributed by atoms with Crippen molar-refractivity contribution in [3.8, 4) is 0 Å². The summed E-state index contributed by atoms with van der Waals surface area (Å²) in [5.74, 6) is 0.452. The van der Waals surface area contributed by atoms with E-state index in [1.54, 1.807) is 23.2 Å². The second kappa shape index (κ2) is 6.08. The molecule has 2 aliphatic rings. The Kier molecular flexibility index (Phi) is 4.12. The SMILES string of the molecule is CC(=O)C(=N)c1cccnc1NCC(=O)N1C(CO)CC2CC21. The first-order valence-electron chi connectivity index (χ1n) is 7.73. The normalized spacial score (nSPS) is 25.0. The number of pyridine rings is 1. The lowest BCUT2D eigenvalue weighted by atomic mass is 10.1. The molecule has 0 radical (unpaired) electrons. The lowest BCUT2D eigenvalue weighted by Crippen LogP contribution is -2.43. The molecule has 1 saturated carbocycles. The number of carbonyl (C=O) groups excluding carboxylic acids is 2. The number of hydrogen-bond donors (Lipinski definition) is 3. The summed E-state index contributed by atoms with van der Waals surface area (Å²) in [4.78, 5) is 29.7. The fourth-order valence-electron chi connectivity index (χ4n) is 3.30. The van der Waals surface area contributed by atoms with E-state index in [4.69, 9.17) is 5.41 Å². The predicted molar refractivity (Wildman–Crippen MR) is 84.5 cm³/mol. The number of nitrogens with one attached hydrogen (secondary N) is 2. The van der Waals surface area contributed by atoms with Crippen molar-refractivity contribution in [1.82, 2.24) is 9.88 Å². The molecule has 3 unspecified atom stereocenters. The van der Waals surface area contributed by atoms with Gasteiger partial charge >= 0.3 is 0 Å². The van der Waals surface area contributed by atoms with Gasteiger partial charge in [-0.3, -0.25) is 15.0 Å². The molecule has 7 heteroatoms. The Morgan fingerprint density at radius 2 is 2.26 bits per heavy atom. The van der Waals surface area contributed by atoms with Crippen molar-refractivity contribution >= 4 is 23.2 Å². The maximum absolute atomic E-state index is 12.4. The zero-order valence-corrected chi connectivity index (χ0v) is 13.0. The zero-order chi connectivity index (χ0) is 16.6. The molecule has 1 aliphatic carbocycles. The lowest BCUT2D eigenvalue weighted by molar-refractivity contribution is -0.132. The van der Waals surface area contributed by atoms with Crippen molar-refractivity contribution in [2.24, 2.45) is 5.92 Å². The summed E-state index contributed by atoms with van der Waals surface area (Å²) in [5, 5.41) is 20.1. The second-order valence-electron chi connectivity index (χ2n) is 6.12. The van der Waals surface area contributed by atoms with Gasteiger partial charge in [-0.25, -0.2) is 4.98 Å². The average Bonchev–Trinajstić information content (AvgIpc) is 3.22. The molecule has 7 nitrogen and oxygen atoms in total. The summed E-state index contributed by atoms with van der Waals surface area (Å²) in [6.07, 6.45) is 3.44. The Morgan fingerprint density at radius 1 is 1.48 bits per heavy atom. The van der Waals surface area contributed by atoms with Gasteiger partial charge in [-0.2, -0.15) is 0 Å². The molecule has 0 spiro atoms. The number of piperidine rings is 1. The van der Waals surface area contributed by atoms with Gasteiger partial charge in [0.05, 0.1) is 19.2 Å². The van der Waals surface area contributed by atoms with Gasteiger partial charge < -0.3 is 15.3 Å². The molecular formula is C16H20N4O3. The quantitative estimate of drug-likeness (QED) is 0.660. The first kappa shape index (κ1) is 15.6. The molecule has 0 aromatic carbocycles. The van der Waals surface area contributed by atoms with Crippen molar-refractivity contribution in [2.45, 2.75) is 31.8 Å². The van der Waals surface area contributed by atoms with Crippen LogP contribution in [-0.2, 0) is 9.59 Å². The molecule has 2 fully saturated rings. The molecule has 3 rings (SSSR count). The van der Waals surface area contributed by atoms with Gasteiger partial charge in [0, 0.05) is 24.7 Å². The highest BCUT2D eigenvalue weighted by atomic mass is 16.3. The van der Waals surface area contributed by atoms with Crippen LogP contribution in [0, 0.1) is 11.3 Å². The number of aromatic nitrogens is 1. The van der Waals surface area contributed by atoms with E-state index in [1.165, 1.54) is 6.92 Å². The maximum atomic E-state index is 12.4. The summed E-state index contributed by atoms with van der Waals surface area (Å²) in [6, 6.07) is 3.45. The number of fused-ring (bicyclic) bond motifs is 1. The topological polar surface area (TPSA) is 106 Å². The highest BCUT2D eigenvalue weighted by molar-refractivity contribution is 6.45. The molecule has 3 atom stereocenters. The summed E-state index contributed by atoms with van der Waals surface area (Å²) < 4.78 is 0. The Balaban J connectivity index is 1.68. The van der Waals surface area contributed by atoms with Crippen LogP contribution in [0.25, 0.3) is 0 Å². The van der Waals surface area contributed by atoms with Crippen LogP contribution in [0.15, 0.2) is 18.3 Å². The van der Waals surface area contributed by atoms with Crippen LogP contribution in [-0.4, -0.2) is 57.6 Å². The minimum absolute atomic E-state index is 0.0113. The predicted octanol–water partition coefficient (Wildman–Crippen LogP) is 0.432. The van der Waals surface area contributed by atoms with Crippen LogP contribution in [0.2, 0.25) is 0 Å². The van der Waals surface area contributed by atoms with Gasteiger partial charge in [-0.05, 0) is 30.9 Å². The van der Waals surface area contributed by atoms with Gasteiger partial charge in [-0.15, -0.1) is 0 Å². The summed E-state index contributed by atoms with van der Waals surface area (Å²) in [5.41, 5.74) is 0.252.